The van der Waals surface area contributed by atoms with Crippen LogP contribution in [0.4, 0.5) is 0 Å². The van der Waals surface area contributed by atoms with E-state index >= 15 is 0 Å². The molecular weight excluding hydrogens is 418 g/mol. The van der Waals surface area contributed by atoms with E-state index < -0.39 is 10.0 Å². The van der Waals surface area contributed by atoms with Crippen LogP contribution in [0.25, 0.3) is 11.4 Å². The molecule has 0 saturated carbocycles. The molecule has 0 spiro atoms. The highest BCUT2D eigenvalue weighted by Crippen LogP contribution is 2.19. The third kappa shape index (κ3) is 5.89. The van der Waals surface area contributed by atoms with Gasteiger partial charge >= 0.3 is 0 Å². The number of amides is 1. The molecule has 0 aliphatic carbocycles. The second-order valence-corrected chi connectivity index (χ2v) is 8.76. The highest BCUT2D eigenvalue weighted by molar-refractivity contribution is 7.89. The molecule has 31 heavy (non-hydrogen) atoms. The topological polar surface area (TPSA) is 126 Å². The van der Waals surface area contributed by atoms with Crippen molar-refractivity contribution in [3.63, 3.8) is 0 Å². The molecule has 2 aromatic carbocycles. The highest BCUT2D eigenvalue weighted by Gasteiger charge is 2.17. The van der Waals surface area contributed by atoms with Crippen molar-refractivity contribution in [3.05, 3.63) is 59.4 Å². The second-order valence-electron chi connectivity index (χ2n) is 7.03. The molecule has 3 aromatic rings. The van der Waals surface area contributed by atoms with E-state index in [4.69, 9.17) is 4.74 Å². The van der Waals surface area contributed by atoms with Crippen molar-refractivity contribution < 1.29 is 17.9 Å². The Balaban J connectivity index is 1.48. The maximum Gasteiger partial charge on any atom is 0.240 e. The molecule has 3 N–H and O–H groups in total. The van der Waals surface area contributed by atoms with E-state index in [-0.39, 0.29) is 30.3 Å². The maximum absolute atomic E-state index is 12.4. The summed E-state index contributed by atoms with van der Waals surface area (Å²) in [5.74, 6) is 1.44. The molecule has 0 bridgehead atoms. The fourth-order valence-electron chi connectivity index (χ4n) is 2.99. The molecule has 0 unspecified atom stereocenters. The Labute approximate surface area is 181 Å². The van der Waals surface area contributed by atoms with Gasteiger partial charge < -0.3 is 10.1 Å². The van der Waals surface area contributed by atoms with Gasteiger partial charge in [-0.1, -0.05) is 17.7 Å². The van der Waals surface area contributed by atoms with Gasteiger partial charge in [0.2, 0.25) is 15.9 Å². The predicted molar refractivity (Wildman–Crippen MR) is 116 cm³/mol. The van der Waals surface area contributed by atoms with Gasteiger partial charge in [-0.15, -0.1) is 0 Å². The van der Waals surface area contributed by atoms with Crippen LogP contribution in [-0.2, 0) is 21.4 Å². The predicted octanol–water partition coefficient (Wildman–Crippen LogP) is 2.08. The summed E-state index contributed by atoms with van der Waals surface area (Å²) in [5, 5.41) is 9.62. The Hall–Kier alpha value is -3.24. The summed E-state index contributed by atoms with van der Waals surface area (Å²) in [5.41, 5.74) is 2.46. The van der Waals surface area contributed by atoms with Crippen LogP contribution in [0.5, 0.6) is 5.75 Å². The number of nitrogens with zero attached hydrogens (tertiary/aromatic N) is 2. The quantitative estimate of drug-likeness (QED) is 0.465. The zero-order valence-corrected chi connectivity index (χ0v) is 18.4. The minimum atomic E-state index is -3.67. The number of rotatable bonds is 9. The van der Waals surface area contributed by atoms with Crippen molar-refractivity contribution in [1.29, 1.82) is 0 Å². The summed E-state index contributed by atoms with van der Waals surface area (Å²) in [4.78, 5) is 16.6. The van der Waals surface area contributed by atoms with Gasteiger partial charge in [0.25, 0.3) is 0 Å². The molecule has 1 amide bonds. The third-order valence-electron chi connectivity index (χ3n) is 4.60. The lowest BCUT2D eigenvalue weighted by Gasteiger charge is -2.10. The first-order valence-electron chi connectivity index (χ1n) is 9.68. The number of methoxy groups -OCH3 is 1. The first-order chi connectivity index (χ1) is 14.8. The molecule has 164 valence electrons. The Morgan fingerprint density at radius 2 is 1.87 bits per heavy atom. The van der Waals surface area contributed by atoms with E-state index in [1.54, 1.807) is 32.2 Å². The molecule has 0 atom stereocenters. The minimum Gasteiger partial charge on any atom is -0.497 e. The molecule has 1 aromatic heterocycles. The van der Waals surface area contributed by atoms with Crippen LogP contribution >= 0.6 is 0 Å². The zero-order valence-electron chi connectivity index (χ0n) is 17.6. The number of benzene rings is 2. The lowest BCUT2D eigenvalue weighted by atomic mass is 10.2. The average Bonchev–Trinajstić information content (AvgIpc) is 3.21. The van der Waals surface area contributed by atoms with Gasteiger partial charge in [0.1, 0.15) is 11.6 Å². The molecule has 0 aliphatic heterocycles. The number of hydrogen-bond donors (Lipinski definition) is 3. The summed E-state index contributed by atoms with van der Waals surface area (Å²) in [7, 11) is -2.08. The van der Waals surface area contributed by atoms with Crippen LogP contribution in [0.3, 0.4) is 0 Å². The van der Waals surface area contributed by atoms with E-state index in [9.17, 15) is 13.2 Å². The number of aromatic nitrogens is 3. The number of nitrogens with one attached hydrogen (secondary N) is 3. The first kappa shape index (κ1) is 22.4. The molecule has 1 heterocycles. The van der Waals surface area contributed by atoms with Crippen molar-refractivity contribution in [2.75, 3.05) is 13.7 Å². The molecule has 0 radical (unpaired) electrons. The van der Waals surface area contributed by atoms with E-state index in [1.165, 1.54) is 0 Å². The van der Waals surface area contributed by atoms with Crippen LogP contribution < -0.4 is 14.8 Å². The maximum atomic E-state index is 12.4. The Morgan fingerprint density at radius 1 is 1.13 bits per heavy atom. The summed E-state index contributed by atoms with van der Waals surface area (Å²) in [6, 6.07) is 12.4. The molecule has 0 fully saturated rings. The van der Waals surface area contributed by atoms with Crippen LogP contribution in [0.1, 0.15) is 23.4 Å². The zero-order chi connectivity index (χ0) is 22.4. The van der Waals surface area contributed by atoms with E-state index in [0.29, 0.717) is 17.2 Å². The minimum absolute atomic E-state index is 0.00358. The average molecular weight is 444 g/mol. The number of carbonyl (C=O) groups is 1. The van der Waals surface area contributed by atoms with E-state index in [1.807, 2.05) is 31.2 Å². The van der Waals surface area contributed by atoms with Crippen LogP contribution in [0.15, 0.2) is 47.4 Å². The van der Waals surface area contributed by atoms with Gasteiger partial charge in [0.15, 0.2) is 5.82 Å². The van der Waals surface area contributed by atoms with Crippen molar-refractivity contribution >= 4 is 15.9 Å². The normalized spacial score (nSPS) is 11.3. The summed E-state index contributed by atoms with van der Waals surface area (Å²) in [6.45, 7) is 3.79. The van der Waals surface area contributed by atoms with E-state index in [2.05, 4.69) is 25.2 Å². The van der Waals surface area contributed by atoms with E-state index in [0.717, 1.165) is 16.9 Å². The van der Waals surface area contributed by atoms with Gasteiger partial charge in [-0.2, -0.15) is 5.10 Å². The number of ether oxygens (including phenoxy) is 1. The molecular formula is C21H25N5O4S. The number of aromatic amines is 1. The molecule has 9 nitrogen and oxygen atoms in total. The number of aryl methyl sites for hydroxylation is 2. The molecule has 0 aliphatic rings. The smallest absolute Gasteiger partial charge is 0.240 e. The number of sulfonamides is 1. The van der Waals surface area contributed by atoms with Crippen LogP contribution in [0, 0.1) is 13.8 Å². The lowest BCUT2D eigenvalue weighted by Crippen LogP contribution is -2.31. The fraction of sp³-hybridized carbons (Fsp3) is 0.286. The van der Waals surface area contributed by atoms with Crippen molar-refractivity contribution in [1.82, 2.24) is 25.2 Å². The number of hydrogen-bond acceptors (Lipinski definition) is 6. The first-order valence-corrected chi connectivity index (χ1v) is 11.2. The van der Waals surface area contributed by atoms with Gasteiger partial charge in [-0.3, -0.25) is 9.89 Å². The molecule has 10 heteroatoms. The Kier molecular flexibility index (Phi) is 7.03. The number of carbonyl (C=O) groups excluding carboxylic acids is 1. The van der Waals surface area contributed by atoms with Crippen molar-refractivity contribution in [3.8, 4) is 17.1 Å². The Bertz CT molecular complexity index is 1160. The largest absolute Gasteiger partial charge is 0.497 e. The lowest BCUT2D eigenvalue weighted by molar-refractivity contribution is -0.121. The molecule has 0 saturated heterocycles. The van der Waals surface area contributed by atoms with Crippen LogP contribution in [0.2, 0.25) is 0 Å². The highest BCUT2D eigenvalue weighted by atomic mass is 32.2. The SMILES string of the molecule is COc1ccc(-c2n[nH]c(CNC(=O)CCNS(=O)(=O)c3ccc(C)cc3C)n2)cc1. The monoisotopic (exact) mass is 443 g/mol. The second kappa shape index (κ2) is 9.71. The summed E-state index contributed by atoms with van der Waals surface area (Å²) >= 11 is 0. The van der Waals surface area contributed by atoms with Gasteiger partial charge in [-0.25, -0.2) is 18.1 Å². The van der Waals surface area contributed by atoms with Crippen molar-refractivity contribution in [2.45, 2.75) is 31.7 Å². The summed E-state index contributed by atoms with van der Waals surface area (Å²) in [6.07, 6.45) is 0.00358. The van der Waals surface area contributed by atoms with Gasteiger partial charge in [-0.05, 0) is 49.7 Å². The summed E-state index contributed by atoms with van der Waals surface area (Å²) < 4.78 is 32.4. The van der Waals surface area contributed by atoms with Crippen molar-refractivity contribution in [2.24, 2.45) is 0 Å². The third-order valence-corrected chi connectivity index (χ3v) is 6.22. The van der Waals surface area contributed by atoms with Crippen LogP contribution in [-0.4, -0.2) is 43.2 Å². The molecule has 3 rings (SSSR count). The number of H-pyrrole nitrogens is 1. The van der Waals surface area contributed by atoms with Gasteiger partial charge in [0.05, 0.1) is 18.6 Å². The fourth-order valence-corrected chi connectivity index (χ4v) is 4.25. The Morgan fingerprint density at radius 3 is 2.55 bits per heavy atom. The standard InChI is InChI=1S/C21H25N5O4S/c1-14-4-9-18(15(2)12-14)31(28,29)23-11-10-20(27)22-13-19-24-21(26-25-19)16-5-7-17(30-3)8-6-16/h4-9,12,23H,10-11,13H2,1-3H3,(H,22,27)(H,24,25,26). The van der Waals surface area contributed by atoms with Gasteiger partial charge in [0, 0.05) is 18.5 Å².